The molecule has 7 heteroatoms. The Labute approximate surface area is 163 Å². The van der Waals surface area contributed by atoms with Gasteiger partial charge in [-0.05, 0) is 53.4 Å². The van der Waals surface area contributed by atoms with Crippen LogP contribution >= 0.6 is 11.3 Å². The molecule has 0 fully saturated rings. The highest BCUT2D eigenvalue weighted by molar-refractivity contribution is 7.12. The molecule has 0 aliphatic carbocycles. The number of thiophene rings is 1. The van der Waals surface area contributed by atoms with E-state index in [-0.39, 0.29) is 11.3 Å². The normalized spacial score (nSPS) is 16.7. The lowest BCUT2D eigenvalue weighted by atomic mass is 9.95. The summed E-state index contributed by atoms with van der Waals surface area (Å²) in [7, 11) is 0. The Bertz CT molecular complexity index is 1070. The third kappa shape index (κ3) is 2.95. The summed E-state index contributed by atoms with van der Waals surface area (Å²) in [5.41, 5.74) is 0.812. The van der Waals surface area contributed by atoms with Crippen molar-refractivity contribution in [1.82, 2.24) is 0 Å². The van der Waals surface area contributed by atoms with E-state index in [0.717, 1.165) is 0 Å². The van der Waals surface area contributed by atoms with Crippen LogP contribution in [0.3, 0.4) is 0 Å². The van der Waals surface area contributed by atoms with Gasteiger partial charge in [-0.3, -0.25) is 14.5 Å². The standard InChI is InChI=1S/C21H14FNO4S/c22-13-5-7-14(8-6-13)23-18(12-3-9-15(24)10-4-12)17(20(26)21(23)27)19(25)16-2-1-11-28-16/h1-11,18,24,26H. The molecular weight excluding hydrogens is 381 g/mol. The van der Waals surface area contributed by atoms with Gasteiger partial charge in [-0.2, -0.15) is 0 Å². The van der Waals surface area contributed by atoms with Gasteiger partial charge in [0.15, 0.2) is 5.76 Å². The summed E-state index contributed by atoms with van der Waals surface area (Å²) in [6.07, 6.45) is 0. The predicted molar refractivity (Wildman–Crippen MR) is 103 cm³/mol. The van der Waals surface area contributed by atoms with Gasteiger partial charge in [-0.25, -0.2) is 4.39 Å². The van der Waals surface area contributed by atoms with Gasteiger partial charge in [-0.1, -0.05) is 18.2 Å². The second-order valence-corrected chi connectivity index (χ2v) is 7.16. The molecule has 28 heavy (non-hydrogen) atoms. The Morgan fingerprint density at radius 1 is 1.00 bits per heavy atom. The number of ketones is 1. The number of anilines is 1. The number of phenols is 1. The zero-order valence-corrected chi connectivity index (χ0v) is 15.2. The SMILES string of the molecule is O=C(C1=C(O)C(=O)N(c2ccc(F)cc2)C1c1ccc(O)cc1)c1cccs1. The first-order chi connectivity index (χ1) is 13.5. The van der Waals surface area contributed by atoms with E-state index < -0.39 is 29.3 Å². The lowest BCUT2D eigenvalue weighted by Gasteiger charge is -2.27. The number of aliphatic hydroxyl groups excluding tert-OH is 1. The van der Waals surface area contributed by atoms with E-state index in [9.17, 15) is 24.2 Å². The monoisotopic (exact) mass is 395 g/mol. The van der Waals surface area contributed by atoms with Crippen LogP contribution in [-0.2, 0) is 4.79 Å². The van der Waals surface area contributed by atoms with Gasteiger partial charge < -0.3 is 10.2 Å². The number of aromatic hydroxyl groups is 1. The third-order valence-corrected chi connectivity index (χ3v) is 5.38. The Balaban J connectivity index is 1.88. The Hall–Kier alpha value is -3.45. The molecule has 140 valence electrons. The van der Waals surface area contributed by atoms with Crippen molar-refractivity contribution < 1.29 is 24.2 Å². The van der Waals surface area contributed by atoms with E-state index in [4.69, 9.17) is 0 Å². The summed E-state index contributed by atoms with van der Waals surface area (Å²) in [4.78, 5) is 27.5. The van der Waals surface area contributed by atoms with Crippen molar-refractivity contribution in [1.29, 1.82) is 0 Å². The molecule has 1 unspecified atom stereocenters. The van der Waals surface area contributed by atoms with Gasteiger partial charge in [0.2, 0.25) is 5.78 Å². The quantitative estimate of drug-likeness (QED) is 0.643. The number of phenolic OH excluding ortho intramolecular Hbond substituents is 1. The average Bonchev–Trinajstić information content (AvgIpc) is 3.31. The first kappa shape index (κ1) is 17.9. The van der Waals surface area contributed by atoms with E-state index in [2.05, 4.69) is 0 Å². The van der Waals surface area contributed by atoms with Crippen LogP contribution in [0.2, 0.25) is 0 Å². The van der Waals surface area contributed by atoms with Crippen LogP contribution in [-0.4, -0.2) is 21.9 Å². The van der Waals surface area contributed by atoms with Crippen molar-refractivity contribution >= 4 is 28.7 Å². The van der Waals surface area contributed by atoms with Crippen molar-refractivity contribution in [2.45, 2.75) is 6.04 Å². The topological polar surface area (TPSA) is 77.8 Å². The maximum absolute atomic E-state index is 13.4. The molecule has 1 amide bonds. The molecule has 0 spiro atoms. The molecule has 3 aromatic rings. The fourth-order valence-corrected chi connectivity index (χ4v) is 3.90. The minimum absolute atomic E-state index is 0.0285. The molecule has 5 nitrogen and oxygen atoms in total. The molecule has 1 aliphatic heterocycles. The Morgan fingerprint density at radius 2 is 1.68 bits per heavy atom. The van der Waals surface area contributed by atoms with Crippen molar-refractivity contribution in [3.8, 4) is 5.75 Å². The maximum Gasteiger partial charge on any atom is 0.294 e. The number of nitrogens with zero attached hydrogens (tertiary/aromatic N) is 1. The lowest BCUT2D eigenvalue weighted by Crippen LogP contribution is -2.31. The van der Waals surface area contributed by atoms with Crippen molar-refractivity contribution in [2.75, 3.05) is 4.90 Å². The average molecular weight is 395 g/mol. The van der Waals surface area contributed by atoms with E-state index in [1.54, 1.807) is 29.6 Å². The van der Waals surface area contributed by atoms with E-state index in [1.807, 2.05) is 0 Å². The van der Waals surface area contributed by atoms with Gasteiger partial charge in [0, 0.05) is 5.69 Å². The molecule has 1 aliphatic rings. The van der Waals surface area contributed by atoms with Gasteiger partial charge in [0.1, 0.15) is 11.6 Å². The summed E-state index contributed by atoms with van der Waals surface area (Å²) in [5, 5.41) is 21.9. The second-order valence-electron chi connectivity index (χ2n) is 6.21. The molecule has 0 radical (unpaired) electrons. The Morgan fingerprint density at radius 3 is 2.29 bits per heavy atom. The van der Waals surface area contributed by atoms with E-state index in [1.165, 1.54) is 52.6 Å². The van der Waals surface area contributed by atoms with E-state index in [0.29, 0.717) is 16.1 Å². The number of Topliss-reactive ketones (excluding diaryl/α,β-unsaturated/α-hetero) is 1. The summed E-state index contributed by atoms with van der Waals surface area (Å²) < 4.78 is 13.4. The second kappa shape index (κ2) is 6.94. The molecule has 1 aromatic heterocycles. The van der Waals surface area contributed by atoms with Gasteiger partial charge in [-0.15, -0.1) is 11.3 Å². The molecule has 1 atom stereocenters. The number of hydrogen-bond acceptors (Lipinski definition) is 5. The summed E-state index contributed by atoms with van der Waals surface area (Å²) >= 11 is 1.21. The fourth-order valence-electron chi connectivity index (χ4n) is 3.22. The first-order valence-electron chi connectivity index (χ1n) is 8.37. The number of carbonyl (C=O) groups excluding carboxylic acids is 2. The van der Waals surface area contributed by atoms with E-state index >= 15 is 0 Å². The minimum atomic E-state index is -0.909. The largest absolute Gasteiger partial charge is 0.508 e. The highest BCUT2D eigenvalue weighted by Crippen LogP contribution is 2.42. The van der Waals surface area contributed by atoms with Gasteiger partial charge in [0.05, 0.1) is 16.5 Å². The molecule has 2 heterocycles. The highest BCUT2D eigenvalue weighted by atomic mass is 32.1. The lowest BCUT2D eigenvalue weighted by molar-refractivity contribution is -0.117. The first-order valence-corrected chi connectivity index (χ1v) is 9.24. The minimum Gasteiger partial charge on any atom is -0.508 e. The van der Waals surface area contributed by atoms with Crippen molar-refractivity contribution in [3.05, 3.63) is 93.6 Å². The Kier molecular flexibility index (Phi) is 4.44. The van der Waals surface area contributed by atoms with Gasteiger partial charge >= 0.3 is 0 Å². The number of benzene rings is 2. The molecule has 0 saturated carbocycles. The number of carbonyl (C=O) groups is 2. The smallest absolute Gasteiger partial charge is 0.294 e. The summed E-state index contributed by atoms with van der Waals surface area (Å²) in [5.74, 6) is -2.28. The third-order valence-electron chi connectivity index (χ3n) is 4.51. The zero-order valence-electron chi connectivity index (χ0n) is 14.4. The van der Waals surface area contributed by atoms with Crippen LogP contribution in [0.5, 0.6) is 5.75 Å². The van der Waals surface area contributed by atoms with Crippen LogP contribution in [0, 0.1) is 5.82 Å². The predicted octanol–water partition coefficient (Wildman–Crippen LogP) is 4.38. The van der Waals surface area contributed by atoms with Gasteiger partial charge in [0.25, 0.3) is 5.91 Å². The van der Waals surface area contributed by atoms with Crippen LogP contribution in [0.1, 0.15) is 21.3 Å². The van der Waals surface area contributed by atoms with Crippen LogP contribution in [0.15, 0.2) is 77.4 Å². The number of hydrogen-bond donors (Lipinski definition) is 2. The molecule has 4 rings (SSSR count). The fraction of sp³-hybridized carbons (Fsp3) is 0.0476. The van der Waals surface area contributed by atoms with Crippen LogP contribution in [0.4, 0.5) is 10.1 Å². The molecular formula is C21H14FNO4S. The number of halogens is 1. The molecule has 0 bridgehead atoms. The maximum atomic E-state index is 13.4. The molecule has 0 saturated heterocycles. The summed E-state index contributed by atoms with van der Waals surface area (Å²) in [6.45, 7) is 0. The number of aliphatic hydroxyl groups is 1. The summed E-state index contributed by atoms with van der Waals surface area (Å²) in [6, 6.07) is 13.7. The van der Waals surface area contributed by atoms with Crippen LogP contribution < -0.4 is 4.90 Å². The molecule has 2 aromatic carbocycles. The number of rotatable bonds is 4. The van der Waals surface area contributed by atoms with Crippen molar-refractivity contribution in [3.63, 3.8) is 0 Å². The highest BCUT2D eigenvalue weighted by Gasteiger charge is 2.44. The van der Waals surface area contributed by atoms with Crippen LogP contribution in [0.25, 0.3) is 0 Å². The van der Waals surface area contributed by atoms with Crippen molar-refractivity contribution in [2.24, 2.45) is 0 Å². The molecule has 2 N–H and O–H groups in total. The number of amides is 1. The zero-order chi connectivity index (χ0) is 19.8.